The second-order valence-corrected chi connectivity index (χ2v) is 4.55. The van der Waals surface area contributed by atoms with Crippen LogP contribution in [0.2, 0.25) is 0 Å². The highest BCUT2D eigenvalue weighted by atomic mass is 16.3. The minimum atomic E-state index is -0.219. The van der Waals surface area contributed by atoms with Gasteiger partial charge in [-0.3, -0.25) is 4.79 Å². The maximum absolute atomic E-state index is 11.6. The summed E-state index contributed by atoms with van der Waals surface area (Å²) in [6.45, 7) is 3.83. The van der Waals surface area contributed by atoms with Gasteiger partial charge in [0.1, 0.15) is 0 Å². The molecule has 0 heterocycles. The standard InChI is InChI=1S/C14H20N2O2/c1-10(2)13(9-17)16-14(18)7-6-11-4-3-5-12(15)8-11/h3-8,10,13,17H,9,15H2,1-2H3,(H,16,18)/b7-6+/t13-/m1/s1. The van der Waals surface area contributed by atoms with Gasteiger partial charge in [0.2, 0.25) is 5.91 Å². The summed E-state index contributed by atoms with van der Waals surface area (Å²) in [5, 5.41) is 11.9. The van der Waals surface area contributed by atoms with Crippen molar-refractivity contribution >= 4 is 17.7 Å². The number of amides is 1. The molecule has 4 nitrogen and oxygen atoms in total. The molecule has 0 saturated carbocycles. The van der Waals surface area contributed by atoms with Crippen LogP contribution < -0.4 is 11.1 Å². The fourth-order valence-electron chi connectivity index (χ4n) is 1.49. The zero-order valence-corrected chi connectivity index (χ0v) is 10.8. The van der Waals surface area contributed by atoms with E-state index in [9.17, 15) is 4.79 Å². The minimum absolute atomic E-state index is 0.0600. The van der Waals surface area contributed by atoms with Gasteiger partial charge in [0.25, 0.3) is 0 Å². The van der Waals surface area contributed by atoms with Crippen LogP contribution in [0.1, 0.15) is 19.4 Å². The monoisotopic (exact) mass is 248 g/mol. The zero-order valence-electron chi connectivity index (χ0n) is 10.8. The fraction of sp³-hybridized carbons (Fsp3) is 0.357. The summed E-state index contributed by atoms with van der Waals surface area (Å²) >= 11 is 0. The number of hydrogen-bond acceptors (Lipinski definition) is 3. The lowest BCUT2D eigenvalue weighted by Crippen LogP contribution is -2.40. The Kier molecular flexibility index (Phi) is 5.39. The third-order valence-electron chi connectivity index (χ3n) is 2.67. The van der Waals surface area contributed by atoms with Crippen molar-refractivity contribution in [3.63, 3.8) is 0 Å². The molecule has 0 radical (unpaired) electrons. The summed E-state index contributed by atoms with van der Waals surface area (Å²) in [6.07, 6.45) is 3.14. The molecule has 0 fully saturated rings. The molecule has 98 valence electrons. The number of hydrogen-bond donors (Lipinski definition) is 3. The Hall–Kier alpha value is -1.81. The Labute approximate surface area is 108 Å². The third-order valence-corrected chi connectivity index (χ3v) is 2.67. The van der Waals surface area contributed by atoms with Crippen molar-refractivity contribution in [2.24, 2.45) is 5.92 Å². The summed E-state index contributed by atoms with van der Waals surface area (Å²) in [5.41, 5.74) is 7.17. The molecule has 18 heavy (non-hydrogen) atoms. The van der Waals surface area contributed by atoms with Crippen molar-refractivity contribution in [3.8, 4) is 0 Å². The molecule has 0 spiro atoms. The largest absolute Gasteiger partial charge is 0.399 e. The first-order valence-corrected chi connectivity index (χ1v) is 5.98. The van der Waals surface area contributed by atoms with E-state index in [1.165, 1.54) is 6.08 Å². The Bertz CT molecular complexity index is 428. The molecule has 0 aliphatic carbocycles. The number of carbonyl (C=O) groups excluding carboxylic acids is 1. The van der Waals surface area contributed by atoms with Gasteiger partial charge in [-0.05, 0) is 29.7 Å². The Morgan fingerprint density at radius 1 is 1.50 bits per heavy atom. The summed E-state index contributed by atoms with van der Waals surface area (Å²) in [5.74, 6) is -0.0232. The number of aliphatic hydroxyl groups excluding tert-OH is 1. The molecule has 0 unspecified atom stereocenters. The van der Waals surface area contributed by atoms with E-state index in [-0.39, 0.29) is 24.5 Å². The molecule has 1 aromatic carbocycles. The van der Waals surface area contributed by atoms with Gasteiger partial charge in [-0.15, -0.1) is 0 Å². The third kappa shape index (κ3) is 4.59. The number of rotatable bonds is 5. The molecule has 0 aromatic heterocycles. The van der Waals surface area contributed by atoms with E-state index in [4.69, 9.17) is 10.8 Å². The van der Waals surface area contributed by atoms with Crippen molar-refractivity contribution in [2.75, 3.05) is 12.3 Å². The van der Waals surface area contributed by atoms with Gasteiger partial charge in [0.05, 0.1) is 12.6 Å². The number of aliphatic hydroxyl groups is 1. The van der Waals surface area contributed by atoms with Gasteiger partial charge in [-0.2, -0.15) is 0 Å². The summed E-state index contributed by atoms with van der Waals surface area (Å²) in [6, 6.07) is 7.06. The topological polar surface area (TPSA) is 75.3 Å². The minimum Gasteiger partial charge on any atom is -0.399 e. The van der Waals surface area contributed by atoms with Crippen LogP contribution in [0.4, 0.5) is 5.69 Å². The average molecular weight is 248 g/mol. The summed E-state index contributed by atoms with van der Waals surface area (Å²) < 4.78 is 0. The van der Waals surface area contributed by atoms with Gasteiger partial charge in [-0.25, -0.2) is 0 Å². The van der Waals surface area contributed by atoms with Crippen LogP contribution in [0.15, 0.2) is 30.3 Å². The molecule has 0 aliphatic heterocycles. The molecular formula is C14H20N2O2. The molecule has 1 amide bonds. The molecule has 1 atom stereocenters. The van der Waals surface area contributed by atoms with E-state index in [1.54, 1.807) is 18.2 Å². The second kappa shape index (κ2) is 6.81. The van der Waals surface area contributed by atoms with Crippen LogP contribution in [0.5, 0.6) is 0 Å². The molecule has 1 rings (SSSR count). The molecular weight excluding hydrogens is 228 g/mol. The highest BCUT2D eigenvalue weighted by Gasteiger charge is 2.12. The zero-order chi connectivity index (χ0) is 13.5. The normalized spacial score (nSPS) is 12.9. The van der Waals surface area contributed by atoms with E-state index in [0.29, 0.717) is 5.69 Å². The lowest BCUT2D eigenvalue weighted by Gasteiger charge is -2.18. The van der Waals surface area contributed by atoms with Crippen LogP contribution in [0.25, 0.3) is 6.08 Å². The molecule has 4 heteroatoms. The first-order chi connectivity index (χ1) is 8.52. The smallest absolute Gasteiger partial charge is 0.244 e. The fourth-order valence-corrected chi connectivity index (χ4v) is 1.49. The van der Waals surface area contributed by atoms with Gasteiger partial charge in [0.15, 0.2) is 0 Å². The van der Waals surface area contributed by atoms with Gasteiger partial charge < -0.3 is 16.2 Å². The van der Waals surface area contributed by atoms with Gasteiger partial charge >= 0.3 is 0 Å². The molecule has 0 aliphatic rings. The van der Waals surface area contributed by atoms with Crippen LogP contribution >= 0.6 is 0 Å². The van der Waals surface area contributed by atoms with E-state index < -0.39 is 0 Å². The summed E-state index contributed by atoms with van der Waals surface area (Å²) in [7, 11) is 0. The Balaban J connectivity index is 2.59. The Morgan fingerprint density at radius 3 is 2.78 bits per heavy atom. The predicted octanol–water partition coefficient (Wildman–Crippen LogP) is 1.42. The lowest BCUT2D eigenvalue weighted by molar-refractivity contribution is -0.117. The first-order valence-electron chi connectivity index (χ1n) is 5.98. The Morgan fingerprint density at radius 2 is 2.22 bits per heavy atom. The number of anilines is 1. The van der Waals surface area contributed by atoms with Crippen molar-refractivity contribution in [3.05, 3.63) is 35.9 Å². The van der Waals surface area contributed by atoms with E-state index in [1.807, 2.05) is 26.0 Å². The van der Waals surface area contributed by atoms with Gasteiger partial charge in [0, 0.05) is 11.8 Å². The van der Waals surface area contributed by atoms with Crippen molar-refractivity contribution in [2.45, 2.75) is 19.9 Å². The molecule has 1 aromatic rings. The molecule has 0 saturated heterocycles. The molecule has 4 N–H and O–H groups in total. The number of nitrogens with two attached hydrogens (primary N) is 1. The van der Waals surface area contributed by atoms with Crippen molar-refractivity contribution in [1.82, 2.24) is 5.32 Å². The number of nitrogen functional groups attached to an aromatic ring is 1. The predicted molar refractivity (Wildman–Crippen MR) is 73.7 cm³/mol. The maximum atomic E-state index is 11.6. The van der Waals surface area contributed by atoms with E-state index in [0.717, 1.165) is 5.56 Å². The first kappa shape index (κ1) is 14.3. The van der Waals surface area contributed by atoms with Crippen molar-refractivity contribution < 1.29 is 9.90 Å². The highest BCUT2D eigenvalue weighted by molar-refractivity contribution is 5.92. The van der Waals surface area contributed by atoms with Gasteiger partial charge in [-0.1, -0.05) is 26.0 Å². The average Bonchev–Trinajstić information content (AvgIpc) is 2.33. The SMILES string of the molecule is CC(C)[C@@H](CO)NC(=O)/C=C/c1cccc(N)c1. The number of benzene rings is 1. The molecule has 0 bridgehead atoms. The summed E-state index contributed by atoms with van der Waals surface area (Å²) in [4.78, 5) is 11.6. The number of carbonyl (C=O) groups is 1. The maximum Gasteiger partial charge on any atom is 0.244 e. The van der Waals surface area contributed by atoms with Crippen LogP contribution in [-0.4, -0.2) is 23.7 Å². The second-order valence-electron chi connectivity index (χ2n) is 4.55. The van der Waals surface area contributed by atoms with Crippen molar-refractivity contribution in [1.29, 1.82) is 0 Å². The van der Waals surface area contributed by atoms with E-state index in [2.05, 4.69) is 5.32 Å². The van der Waals surface area contributed by atoms with Crippen LogP contribution in [0, 0.1) is 5.92 Å². The van der Waals surface area contributed by atoms with Crippen LogP contribution in [0.3, 0.4) is 0 Å². The lowest BCUT2D eigenvalue weighted by atomic mass is 10.1. The van der Waals surface area contributed by atoms with E-state index >= 15 is 0 Å². The number of nitrogens with one attached hydrogen (secondary N) is 1. The highest BCUT2D eigenvalue weighted by Crippen LogP contribution is 2.08. The quantitative estimate of drug-likeness (QED) is 0.545. The van der Waals surface area contributed by atoms with Crippen LogP contribution in [-0.2, 0) is 4.79 Å².